The Hall–Kier alpha value is -3.52. The molecule has 2 aliphatic rings. The Morgan fingerprint density at radius 3 is 2.78 bits per heavy atom. The molecule has 1 aromatic carbocycles. The van der Waals surface area contributed by atoms with Gasteiger partial charge in [0.2, 0.25) is 11.7 Å². The molecule has 4 heterocycles. The summed E-state index contributed by atoms with van der Waals surface area (Å²) in [4.78, 5) is 27.2. The lowest BCUT2D eigenvalue weighted by Crippen LogP contribution is -2.38. The van der Waals surface area contributed by atoms with Crippen LogP contribution in [0.2, 0.25) is 0 Å². The minimum absolute atomic E-state index is 0.00413. The summed E-state index contributed by atoms with van der Waals surface area (Å²) in [5.41, 5.74) is 5.33. The number of hydrogen-bond acceptors (Lipinski definition) is 6. The SMILES string of the molecule is Cc1nc(-c2ccc3c(c2)CCN(CCC2CCC(NC(=O)c4c[nH]c5ncccc45)CC2)CC3)no1. The second kappa shape index (κ2) is 10.5. The van der Waals surface area contributed by atoms with E-state index in [1.54, 1.807) is 12.4 Å². The number of carbonyl (C=O) groups is 1. The summed E-state index contributed by atoms with van der Waals surface area (Å²) < 4.78 is 5.16. The van der Waals surface area contributed by atoms with Crippen LogP contribution in [-0.4, -0.2) is 56.6 Å². The molecule has 1 amide bonds. The van der Waals surface area contributed by atoms with Crippen LogP contribution in [0.4, 0.5) is 0 Å². The number of nitrogens with one attached hydrogen (secondary N) is 2. The Labute approximate surface area is 216 Å². The average Bonchev–Trinajstić information content (AvgIpc) is 3.50. The van der Waals surface area contributed by atoms with Crippen molar-refractivity contribution in [3.63, 3.8) is 0 Å². The number of carbonyl (C=O) groups excluding carboxylic acids is 1. The third-order valence-electron chi connectivity index (χ3n) is 8.12. The Morgan fingerprint density at radius 1 is 1.14 bits per heavy atom. The number of fused-ring (bicyclic) bond motifs is 2. The van der Waals surface area contributed by atoms with Crippen LogP contribution in [0.15, 0.2) is 47.2 Å². The number of H-pyrrole nitrogens is 1. The van der Waals surface area contributed by atoms with E-state index in [1.165, 1.54) is 30.4 Å². The summed E-state index contributed by atoms with van der Waals surface area (Å²) in [6.45, 7) is 5.17. The maximum atomic E-state index is 12.9. The number of pyridine rings is 1. The molecule has 4 aromatic rings. The first-order chi connectivity index (χ1) is 18.1. The Morgan fingerprint density at radius 2 is 1.97 bits per heavy atom. The van der Waals surface area contributed by atoms with Gasteiger partial charge in [0, 0.05) is 49.4 Å². The fourth-order valence-electron chi connectivity index (χ4n) is 5.92. The maximum Gasteiger partial charge on any atom is 0.253 e. The van der Waals surface area contributed by atoms with Gasteiger partial charge in [-0.1, -0.05) is 17.3 Å². The van der Waals surface area contributed by atoms with E-state index in [-0.39, 0.29) is 11.9 Å². The van der Waals surface area contributed by atoms with Gasteiger partial charge < -0.3 is 19.7 Å². The lowest BCUT2D eigenvalue weighted by Gasteiger charge is -2.30. The van der Waals surface area contributed by atoms with Gasteiger partial charge in [-0.15, -0.1) is 0 Å². The molecule has 6 rings (SSSR count). The van der Waals surface area contributed by atoms with E-state index in [0.29, 0.717) is 17.3 Å². The Kier molecular flexibility index (Phi) is 6.74. The first-order valence-electron chi connectivity index (χ1n) is 13.5. The minimum atomic E-state index is 0.00413. The van der Waals surface area contributed by atoms with Crippen LogP contribution >= 0.6 is 0 Å². The average molecular weight is 499 g/mol. The van der Waals surface area contributed by atoms with Gasteiger partial charge in [-0.05, 0) is 86.7 Å². The van der Waals surface area contributed by atoms with Crippen LogP contribution < -0.4 is 5.32 Å². The molecule has 37 heavy (non-hydrogen) atoms. The molecule has 8 heteroatoms. The summed E-state index contributed by atoms with van der Waals surface area (Å²) in [6.07, 6.45) is 11.4. The molecule has 8 nitrogen and oxygen atoms in total. The molecule has 1 saturated carbocycles. The molecule has 0 atom stereocenters. The lowest BCUT2D eigenvalue weighted by atomic mass is 9.84. The third-order valence-corrected chi connectivity index (χ3v) is 8.12. The molecule has 0 bridgehead atoms. The third kappa shape index (κ3) is 5.30. The fraction of sp³-hybridized carbons (Fsp3) is 0.448. The standard InChI is InChI=1S/C29H34N6O2/c1-19-32-27(34-37-19)23-7-6-21-11-15-35(16-12-22(21)17-23)14-10-20-4-8-24(9-5-20)33-29(36)26-18-31-28-25(26)3-2-13-30-28/h2-3,6-7,13,17-18,20,24H,4-5,8-12,14-16H2,1H3,(H,30,31)(H,33,36). The van der Waals surface area contributed by atoms with Crippen molar-refractivity contribution in [2.45, 2.75) is 57.9 Å². The zero-order valence-electron chi connectivity index (χ0n) is 21.4. The predicted molar refractivity (Wildman–Crippen MR) is 142 cm³/mol. The highest BCUT2D eigenvalue weighted by Crippen LogP contribution is 2.29. The van der Waals surface area contributed by atoms with Crippen molar-refractivity contribution < 1.29 is 9.32 Å². The largest absolute Gasteiger partial charge is 0.349 e. The molecule has 0 radical (unpaired) electrons. The van der Waals surface area contributed by atoms with E-state index >= 15 is 0 Å². The van der Waals surface area contributed by atoms with Crippen molar-refractivity contribution in [1.82, 2.24) is 30.3 Å². The zero-order valence-corrected chi connectivity index (χ0v) is 21.4. The van der Waals surface area contributed by atoms with Crippen molar-refractivity contribution in [3.8, 4) is 11.4 Å². The van der Waals surface area contributed by atoms with Gasteiger partial charge in [0.05, 0.1) is 5.56 Å². The van der Waals surface area contributed by atoms with Crippen LogP contribution in [0.25, 0.3) is 22.4 Å². The number of amides is 1. The van der Waals surface area contributed by atoms with Crippen LogP contribution in [0.3, 0.4) is 0 Å². The van der Waals surface area contributed by atoms with Crippen molar-refractivity contribution in [3.05, 3.63) is 65.3 Å². The molecule has 1 aliphatic heterocycles. The molecule has 0 unspecified atom stereocenters. The monoisotopic (exact) mass is 498 g/mol. The maximum absolute atomic E-state index is 12.9. The Balaban J connectivity index is 0.965. The summed E-state index contributed by atoms with van der Waals surface area (Å²) >= 11 is 0. The fourth-order valence-corrected chi connectivity index (χ4v) is 5.92. The van der Waals surface area contributed by atoms with E-state index in [0.717, 1.165) is 67.8 Å². The van der Waals surface area contributed by atoms with Crippen LogP contribution in [0, 0.1) is 12.8 Å². The van der Waals surface area contributed by atoms with Crippen molar-refractivity contribution in [2.75, 3.05) is 19.6 Å². The van der Waals surface area contributed by atoms with Crippen LogP contribution in [0.5, 0.6) is 0 Å². The summed E-state index contributed by atoms with van der Waals surface area (Å²) in [5.74, 6) is 2.01. The summed E-state index contributed by atoms with van der Waals surface area (Å²) in [6, 6.07) is 10.7. The quantitative estimate of drug-likeness (QED) is 0.400. The number of aromatic amines is 1. The number of rotatable bonds is 6. The molecule has 0 spiro atoms. The summed E-state index contributed by atoms with van der Waals surface area (Å²) in [7, 11) is 0. The van der Waals surface area contributed by atoms with Crippen molar-refractivity contribution in [1.29, 1.82) is 0 Å². The number of benzene rings is 1. The van der Waals surface area contributed by atoms with Crippen LogP contribution in [-0.2, 0) is 12.8 Å². The molecule has 2 N–H and O–H groups in total. The van der Waals surface area contributed by atoms with Gasteiger partial charge in [0.25, 0.3) is 5.91 Å². The smallest absolute Gasteiger partial charge is 0.253 e. The number of aromatic nitrogens is 4. The highest BCUT2D eigenvalue weighted by molar-refractivity contribution is 6.05. The number of hydrogen-bond donors (Lipinski definition) is 2. The van der Waals surface area contributed by atoms with Crippen molar-refractivity contribution in [2.24, 2.45) is 5.92 Å². The van der Waals surface area contributed by atoms with Gasteiger partial charge >= 0.3 is 0 Å². The van der Waals surface area contributed by atoms with E-state index in [1.807, 2.05) is 19.1 Å². The first kappa shape index (κ1) is 23.9. The van der Waals surface area contributed by atoms with Gasteiger partial charge in [0.15, 0.2) is 0 Å². The molecule has 3 aromatic heterocycles. The highest BCUT2D eigenvalue weighted by Gasteiger charge is 2.25. The normalized spacial score (nSPS) is 20.5. The minimum Gasteiger partial charge on any atom is -0.349 e. The molecular formula is C29H34N6O2. The topological polar surface area (TPSA) is 99.9 Å². The van der Waals surface area contributed by atoms with Gasteiger partial charge in [-0.3, -0.25) is 4.79 Å². The van der Waals surface area contributed by atoms with E-state index in [2.05, 4.69) is 48.5 Å². The van der Waals surface area contributed by atoms with E-state index in [4.69, 9.17) is 4.52 Å². The second-order valence-corrected chi connectivity index (χ2v) is 10.5. The Bertz CT molecular complexity index is 1380. The van der Waals surface area contributed by atoms with Gasteiger partial charge in [0.1, 0.15) is 5.65 Å². The van der Waals surface area contributed by atoms with Crippen molar-refractivity contribution >= 4 is 16.9 Å². The molecule has 1 aliphatic carbocycles. The van der Waals surface area contributed by atoms with E-state index in [9.17, 15) is 4.79 Å². The number of nitrogens with zero attached hydrogens (tertiary/aromatic N) is 4. The lowest BCUT2D eigenvalue weighted by molar-refractivity contribution is 0.0921. The van der Waals surface area contributed by atoms with E-state index < -0.39 is 0 Å². The van der Waals surface area contributed by atoms with Gasteiger partial charge in [-0.2, -0.15) is 4.98 Å². The zero-order chi connectivity index (χ0) is 25.2. The molecule has 0 saturated heterocycles. The summed E-state index contributed by atoms with van der Waals surface area (Å²) in [5, 5.41) is 8.22. The molecule has 192 valence electrons. The first-order valence-corrected chi connectivity index (χ1v) is 13.5. The number of aryl methyl sites for hydroxylation is 1. The van der Waals surface area contributed by atoms with Gasteiger partial charge in [-0.25, -0.2) is 4.98 Å². The predicted octanol–water partition coefficient (Wildman–Crippen LogP) is 4.70. The van der Waals surface area contributed by atoms with Crippen LogP contribution in [0.1, 0.15) is 59.5 Å². The highest BCUT2D eigenvalue weighted by atomic mass is 16.5. The molecular weight excluding hydrogens is 464 g/mol. The second-order valence-electron chi connectivity index (χ2n) is 10.5. The molecule has 1 fully saturated rings.